The molecule has 1 fully saturated rings. The lowest BCUT2D eigenvalue weighted by molar-refractivity contribution is -0.144. The van der Waals surface area contributed by atoms with Crippen LogP contribution in [0.3, 0.4) is 0 Å². The molecule has 0 saturated heterocycles. The number of carbonyl (C=O) groups excluding carboxylic acids is 1. The van der Waals surface area contributed by atoms with Crippen LogP contribution in [0, 0.1) is 0 Å². The zero-order valence-electron chi connectivity index (χ0n) is 14.4. The molecule has 1 unspecified atom stereocenters. The van der Waals surface area contributed by atoms with Gasteiger partial charge in [-0.2, -0.15) is 0 Å². The molecule has 2 aliphatic carbocycles. The standard InChI is InChI=1S/C18H23N3O3S/c1-2-23-18(22)12-7-8-13-14(12)15-16(20-9-21-17(15)25-13)24-11-5-3-10(19)4-6-11/h9-12H,2-8,19H2,1H3/t10-,11-,12?. The molecular weight excluding hydrogens is 338 g/mol. The largest absolute Gasteiger partial charge is 0.474 e. The van der Waals surface area contributed by atoms with E-state index < -0.39 is 0 Å². The summed E-state index contributed by atoms with van der Waals surface area (Å²) in [6.07, 6.45) is 7.21. The second kappa shape index (κ2) is 6.88. The Balaban J connectivity index is 1.68. The maximum absolute atomic E-state index is 12.4. The molecule has 2 heterocycles. The summed E-state index contributed by atoms with van der Waals surface area (Å²) >= 11 is 1.64. The first kappa shape index (κ1) is 16.7. The van der Waals surface area contributed by atoms with Gasteiger partial charge in [0.05, 0.1) is 17.9 Å². The topological polar surface area (TPSA) is 87.3 Å². The summed E-state index contributed by atoms with van der Waals surface area (Å²) in [5.41, 5.74) is 7.02. The Morgan fingerprint density at radius 1 is 1.28 bits per heavy atom. The molecule has 0 bridgehead atoms. The van der Waals surface area contributed by atoms with Crippen molar-refractivity contribution < 1.29 is 14.3 Å². The van der Waals surface area contributed by atoms with Crippen LogP contribution < -0.4 is 10.5 Å². The Kier molecular flexibility index (Phi) is 4.60. The first-order valence-electron chi connectivity index (χ1n) is 9.02. The summed E-state index contributed by atoms with van der Waals surface area (Å²) in [7, 11) is 0. The van der Waals surface area contributed by atoms with Gasteiger partial charge in [0, 0.05) is 10.9 Å². The fraction of sp³-hybridized carbons (Fsp3) is 0.611. The van der Waals surface area contributed by atoms with Crippen molar-refractivity contribution in [3.8, 4) is 5.88 Å². The van der Waals surface area contributed by atoms with Crippen LogP contribution in [0.2, 0.25) is 0 Å². The Hall–Kier alpha value is -1.73. The predicted octanol–water partition coefficient (Wildman–Crippen LogP) is 2.93. The van der Waals surface area contributed by atoms with Crippen molar-refractivity contribution in [3.63, 3.8) is 0 Å². The van der Waals surface area contributed by atoms with Gasteiger partial charge in [0.2, 0.25) is 5.88 Å². The minimum atomic E-state index is -0.225. The number of rotatable bonds is 4. The molecule has 25 heavy (non-hydrogen) atoms. The molecule has 0 aromatic carbocycles. The van der Waals surface area contributed by atoms with Gasteiger partial charge >= 0.3 is 5.97 Å². The summed E-state index contributed by atoms with van der Waals surface area (Å²) in [5, 5.41) is 0.910. The van der Waals surface area contributed by atoms with Crippen LogP contribution in [0.5, 0.6) is 5.88 Å². The summed E-state index contributed by atoms with van der Waals surface area (Å²) in [5.74, 6) is 0.232. The lowest BCUT2D eigenvalue weighted by atomic mass is 9.94. The predicted molar refractivity (Wildman–Crippen MR) is 96.0 cm³/mol. The third-order valence-electron chi connectivity index (χ3n) is 5.14. The Morgan fingerprint density at radius 3 is 2.84 bits per heavy atom. The van der Waals surface area contributed by atoms with E-state index in [1.54, 1.807) is 17.7 Å². The van der Waals surface area contributed by atoms with Crippen LogP contribution in [0.15, 0.2) is 6.33 Å². The maximum Gasteiger partial charge on any atom is 0.313 e. The summed E-state index contributed by atoms with van der Waals surface area (Å²) in [6.45, 7) is 2.24. The first-order valence-corrected chi connectivity index (χ1v) is 9.84. The highest BCUT2D eigenvalue weighted by atomic mass is 32.1. The molecular formula is C18H23N3O3S. The number of aryl methyl sites for hydroxylation is 1. The average molecular weight is 361 g/mol. The highest BCUT2D eigenvalue weighted by molar-refractivity contribution is 7.19. The number of fused-ring (bicyclic) bond motifs is 3. The number of ether oxygens (including phenoxy) is 2. The molecule has 2 aromatic rings. The van der Waals surface area contributed by atoms with Crippen LogP contribution in [0.25, 0.3) is 10.2 Å². The minimum Gasteiger partial charge on any atom is -0.474 e. The van der Waals surface area contributed by atoms with Crippen LogP contribution in [-0.2, 0) is 16.0 Å². The van der Waals surface area contributed by atoms with E-state index >= 15 is 0 Å². The second-order valence-electron chi connectivity index (χ2n) is 6.80. The Bertz CT molecular complexity index is 783. The third kappa shape index (κ3) is 3.11. The molecule has 4 rings (SSSR count). The van der Waals surface area contributed by atoms with E-state index in [2.05, 4.69) is 9.97 Å². The zero-order chi connectivity index (χ0) is 17.4. The van der Waals surface area contributed by atoms with Crippen LogP contribution in [0.1, 0.15) is 55.4 Å². The van der Waals surface area contributed by atoms with Gasteiger partial charge < -0.3 is 15.2 Å². The van der Waals surface area contributed by atoms with Crippen molar-refractivity contribution >= 4 is 27.5 Å². The molecule has 6 nitrogen and oxygen atoms in total. The van der Waals surface area contributed by atoms with E-state index in [-0.39, 0.29) is 24.0 Å². The number of nitrogens with two attached hydrogens (primary N) is 1. The Morgan fingerprint density at radius 2 is 2.08 bits per heavy atom. The van der Waals surface area contributed by atoms with Gasteiger partial charge in [-0.05, 0) is 51.0 Å². The van der Waals surface area contributed by atoms with Crippen molar-refractivity contribution in [1.29, 1.82) is 0 Å². The molecule has 7 heteroatoms. The van der Waals surface area contributed by atoms with Gasteiger partial charge in [0.1, 0.15) is 17.3 Å². The number of carbonyl (C=O) groups is 1. The van der Waals surface area contributed by atoms with Crippen molar-refractivity contribution in [1.82, 2.24) is 9.97 Å². The molecule has 0 radical (unpaired) electrons. The molecule has 2 aliphatic rings. The summed E-state index contributed by atoms with van der Waals surface area (Å²) in [4.78, 5) is 23.3. The fourth-order valence-corrected chi connectivity index (χ4v) is 5.09. The number of thiophene rings is 1. The van der Waals surface area contributed by atoms with Crippen molar-refractivity contribution in [3.05, 3.63) is 16.8 Å². The van der Waals surface area contributed by atoms with E-state index in [9.17, 15) is 4.79 Å². The van der Waals surface area contributed by atoms with Crippen molar-refractivity contribution in [2.75, 3.05) is 6.61 Å². The molecule has 0 aliphatic heterocycles. The number of hydrogen-bond donors (Lipinski definition) is 1. The van der Waals surface area contributed by atoms with Gasteiger partial charge in [0.25, 0.3) is 0 Å². The molecule has 0 spiro atoms. The fourth-order valence-electron chi connectivity index (χ4n) is 3.88. The average Bonchev–Trinajstić information content (AvgIpc) is 3.16. The molecule has 1 atom stereocenters. The molecule has 1 saturated carbocycles. The molecule has 0 amide bonds. The number of hydrogen-bond acceptors (Lipinski definition) is 7. The lowest BCUT2D eigenvalue weighted by Crippen LogP contribution is -2.31. The van der Waals surface area contributed by atoms with Crippen molar-refractivity contribution in [2.45, 2.75) is 63.5 Å². The normalized spacial score (nSPS) is 25.8. The quantitative estimate of drug-likeness (QED) is 0.843. The van der Waals surface area contributed by atoms with Gasteiger partial charge in [-0.25, -0.2) is 9.97 Å². The van der Waals surface area contributed by atoms with E-state index in [0.29, 0.717) is 12.5 Å². The van der Waals surface area contributed by atoms with Gasteiger partial charge in [-0.3, -0.25) is 4.79 Å². The number of aromatic nitrogens is 2. The zero-order valence-corrected chi connectivity index (χ0v) is 15.2. The lowest BCUT2D eigenvalue weighted by Gasteiger charge is -2.26. The first-order chi connectivity index (χ1) is 12.2. The van der Waals surface area contributed by atoms with Crippen LogP contribution >= 0.6 is 11.3 Å². The van der Waals surface area contributed by atoms with Gasteiger partial charge in [-0.1, -0.05) is 0 Å². The van der Waals surface area contributed by atoms with E-state index in [1.165, 1.54) is 4.88 Å². The molecule has 134 valence electrons. The van der Waals surface area contributed by atoms with Crippen LogP contribution in [0.4, 0.5) is 0 Å². The maximum atomic E-state index is 12.4. The van der Waals surface area contributed by atoms with Gasteiger partial charge in [0.15, 0.2) is 0 Å². The smallest absolute Gasteiger partial charge is 0.313 e. The second-order valence-corrected chi connectivity index (χ2v) is 7.88. The SMILES string of the molecule is CCOC(=O)C1CCc2sc3ncnc(O[C@H]4CC[C@H](N)CC4)c3c21. The van der Waals surface area contributed by atoms with Crippen LogP contribution in [-0.4, -0.2) is 34.7 Å². The van der Waals surface area contributed by atoms with E-state index in [4.69, 9.17) is 15.2 Å². The minimum absolute atomic E-state index is 0.135. The van der Waals surface area contributed by atoms with Gasteiger partial charge in [-0.15, -0.1) is 11.3 Å². The third-order valence-corrected chi connectivity index (χ3v) is 6.32. The van der Waals surface area contributed by atoms with E-state index in [0.717, 1.165) is 54.3 Å². The summed E-state index contributed by atoms with van der Waals surface area (Å²) < 4.78 is 11.5. The number of nitrogens with zero attached hydrogens (tertiary/aromatic N) is 2. The van der Waals surface area contributed by atoms with E-state index in [1.807, 2.05) is 6.92 Å². The van der Waals surface area contributed by atoms with Crippen molar-refractivity contribution in [2.24, 2.45) is 5.73 Å². The monoisotopic (exact) mass is 361 g/mol. The number of esters is 1. The summed E-state index contributed by atoms with van der Waals surface area (Å²) in [6, 6.07) is 0.281. The molecule has 2 N–H and O–H groups in total. The highest BCUT2D eigenvalue weighted by Crippen LogP contribution is 2.46. The Labute approximate surface area is 150 Å². The highest BCUT2D eigenvalue weighted by Gasteiger charge is 2.36. The molecule has 2 aromatic heterocycles.